The average molecular weight is 240 g/mol. The van der Waals surface area contributed by atoms with Crippen molar-refractivity contribution < 1.29 is 32.7 Å². The van der Waals surface area contributed by atoms with E-state index in [0.29, 0.717) is 0 Å². The van der Waals surface area contributed by atoms with Gasteiger partial charge in [0.25, 0.3) is 0 Å². The van der Waals surface area contributed by atoms with Crippen molar-refractivity contribution in [2.75, 3.05) is 0 Å². The average Bonchev–Trinajstić information content (AvgIpc) is 2.13. The molecule has 0 atom stereocenters. The van der Waals surface area contributed by atoms with E-state index >= 15 is 0 Å². The topological polar surface area (TPSA) is 0 Å². The third-order valence-electron chi connectivity index (χ3n) is 0.843. The first-order valence-electron chi connectivity index (χ1n) is 4.26. The molecule has 1 heteroatoms. The predicted octanol–water partition coefficient (Wildman–Crippen LogP) is 3.92. The molecule has 0 saturated heterocycles. The third-order valence-corrected chi connectivity index (χ3v) is 0.843. The molecule has 0 aromatic heterocycles. The second kappa shape index (κ2) is 17.3. The third kappa shape index (κ3) is 12.8. The van der Waals surface area contributed by atoms with Crippen molar-refractivity contribution in [3.8, 4) is 0 Å². The maximum Gasteiger partial charge on any atom is 0 e. The van der Waals surface area contributed by atoms with Crippen LogP contribution < -0.4 is 0 Å². The van der Waals surface area contributed by atoms with Gasteiger partial charge in [-0.05, 0) is 0 Å². The molecule has 1 aromatic rings. The van der Waals surface area contributed by atoms with Crippen LogP contribution in [0.15, 0.2) is 30.3 Å². The first-order valence-corrected chi connectivity index (χ1v) is 4.26. The summed E-state index contributed by atoms with van der Waals surface area (Å²) >= 11 is 0. The molecule has 1 aromatic carbocycles. The first kappa shape index (κ1) is 18.1. The monoisotopic (exact) mass is 240 g/mol. The molecular formula is C11H19Y-. The van der Waals surface area contributed by atoms with Crippen LogP contribution in [0, 0.1) is 6.92 Å². The zero-order valence-electron chi connectivity index (χ0n) is 8.67. The van der Waals surface area contributed by atoms with Crippen molar-refractivity contribution in [3.05, 3.63) is 42.8 Å². The van der Waals surface area contributed by atoms with Crippen molar-refractivity contribution in [2.45, 2.75) is 27.7 Å². The maximum atomic E-state index is 3.72. The predicted molar refractivity (Wildman–Crippen MR) is 53.6 cm³/mol. The zero-order valence-corrected chi connectivity index (χ0v) is 11.5. The van der Waals surface area contributed by atoms with Crippen LogP contribution in [0.5, 0.6) is 0 Å². The van der Waals surface area contributed by atoms with Gasteiger partial charge in [0.1, 0.15) is 0 Å². The Hall–Kier alpha value is 0.194. The van der Waals surface area contributed by atoms with Crippen molar-refractivity contribution in [2.24, 2.45) is 0 Å². The van der Waals surface area contributed by atoms with E-state index in [1.165, 1.54) is 0 Å². The summed E-state index contributed by atoms with van der Waals surface area (Å²) in [5, 5.41) is 0. The van der Waals surface area contributed by atoms with Gasteiger partial charge in [-0.2, -0.15) is 24.6 Å². The van der Waals surface area contributed by atoms with Gasteiger partial charge >= 0.3 is 0 Å². The van der Waals surface area contributed by atoms with E-state index in [9.17, 15) is 0 Å². The van der Waals surface area contributed by atoms with Gasteiger partial charge in [0, 0.05) is 32.7 Å². The summed E-state index contributed by atoms with van der Waals surface area (Å²) in [6, 6.07) is 9.87. The molecule has 1 radical (unpaired) electrons. The van der Waals surface area contributed by atoms with E-state index in [1.807, 2.05) is 58.0 Å². The van der Waals surface area contributed by atoms with Crippen LogP contribution in [-0.2, 0) is 32.7 Å². The maximum absolute atomic E-state index is 3.72. The van der Waals surface area contributed by atoms with Gasteiger partial charge in [0.2, 0.25) is 0 Å². The van der Waals surface area contributed by atoms with Crippen LogP contribution in [0.25, 0.3) is 0 Å². The van der Waals surface area contributed by atoms with Gasteiger partial charge in [0.15, 0.2) is 0 Å². The van der Waals surface area contributed by atoms with E-state index in [-0.39, 0.29) is 32.7 Å². The molecule has 0 bridgehead atoms. The molecule has 0 nitrogen and oxygen atoms in total. The first-order chi connectivity index (χ1) is 5.39. The molecule has 12 heavy (non-hydrogen) atoms. The van der Waals surface area contributed by atoms with Gasteiger partial charge in [0.05, 0.1) is 0 Å². The molecule has 0 spiro atoms. The fraction of sp³-hybridized carbons (Fsp3) is 0.364. The van der Waals surface area contributed by atoms with Gasteiger partial charge in [-0.25, -0.2) is 0 Å². The normalized spacial score (nSPS) is 6.00. The van der Waals surface area contributed by atoms with Crippen molar-refractivity contribution in [1.82, 2.24) is 0 Å². The van der Waals surface area contributed by atoms with Crippen LogP contribution in [0.4, 0.5) is 0 Å². The van der Waals surface area contributed by atoms with Crippen LogP contribution in [-0.4, -0.2) is 0 Å². The summed E-state index contributed by atoms with van der Waals surface area (Å²) in [4.78, 5) is 0. The fourth-order valence-corrected chi connectivity index (χ4v) is 0.478. The molecule has 0 aliphatic carbocycles. The van der Waals surface area contributed by atoms with Crippen LogP contribution in [0.2, 0.25) is 0 Å². The van der Waals surface area contributed by atoms with E-state index in [4.69, 9.17) is 0 Å². The summed E-state index contributed by atoms with van der Waals surface area (Å²) in [6.07, 6.45) is 0. The number of hydrogen-bond acceptors (Lipinski definition) is 0. The molecule has 0 fully saturated rings. The number of hydrogen-bond donors (Lipinski definition) is 0. The molecule has 0 unspecified atom stereocenters. The van der Waals surface area contributed by atoms with Crippen LogP contribution in [0.3, 0.4) is 0 Å². The van der Waals surface area contributed by atoms with Crippen LogP contribution >= 0.6 is 0 Å². The van der Waals surface area contributed by atoms with Crippen LogP contribution in [0.1, 0.15) is 33.3 Å². The zero-order chi connectivity index (χ0) is 9.11. The Labute approximate surface area is 103 Å². The summed E-state index contributed by atoms with van der Waals surface area (Å²) < 4.78 is 0. The van der Waals surface area contributed by atoms with Crippen molar-refractivity contribution in [3.63, 3.8) is 0 Å². The molecule has 0 saturated carbocycles. The standard InChI is InChI=1S/C7H7.2C2H6.Y/c1-7-5-3-2-4-6-7;2*1-2;/h2-6H,1H2;2*1-2H3;/q-1;;;. The minimum atomic E-state index is 0. The quantitative estimate of drug-likeness (QED) is 0.603. The molecule has 0 N–H and O–H groups in total. The summed E-state index contributed by atoms with van der Waals surface area (Å²) in [5.74, 6) is 0. The minimum Gasteiger partial charge on any atom is -0.199 e. The molecule has 0 heterocycles. The van der Waals surface area contributed by atoms with E-state index in [0.717, 1.165) is 5.56 Å². The molecular weight excluding hydrogens is 221 g/mol. The Morgan fingerprint density at radius 2 is 1.17 bits per heavy atom. The van der Waals surface area contributed by atoms with E-state index < -0.39 is 0 Å². The van der Waals surface area contributed by atoms with Gasteiger partial charge in [-0.3, -0.25) is 0 Å². The Morgan fingerprint density at radius 3 is 1.33 bits per heavy atom. The largest absolute Gasteiger partial charge is 0.199 e. The van der Waals surface area contributed by atoms with E-state index in [2.05, 4.69) is 6.92 Å². The number of rotatable bonds is 0. The number of benzene rings is 1. The molecule has 0 amide bonds. The smallest absolute Gasteiger partial charge is 0 e. The van der Waals surface area contributed by atoms with Crippen molar-refractivity contribution in [1.29, 1.82) is 0 Å². The molecule has 1 rings (SSSR count). The van der Waals surface area contributed by atoms with Crippen molar-refractivity contribution >= 4 is 0 Å². The Kier molecular flexibility index (Phi) is 26.1. The van der Waals surface area contributed by atoms with E-state index in [1.54, 1.807) is 0 Å². The molecule has 67 valence electrons. The summed E-state index contributed by atoms with van der Waals surface area (Å²) in [6.45, 7) is 11.7. The Morgan fingerprint density at radius 1 is 0.833 bits per heavy atom. The molecule has 0 aliphatic heterocycles. The summed E-state index contributed by atoms with van der Waals surface area (Å²) in [5.41, 5.74) is 1.07. The second-order valence-electron chi connectivity index (χ2n) is 1.49. The minimum absolute atomic E-state index is 0. The Balaban J connectivity index is -0.000000144. The SMILES string of the molecule is CC.CC.[CH2-]c1ccccc1.[Y]. The second-order valence-corrected chi connectivity index (χ2v) is 1.49. The Bertz CT molecular complexity index is 135. The van der Waals surface area contributed by atoms with Gasteiger partial charge in [-0.15, -0.1) is 12.1 Å². The fourth-order valence-electron chi connectivity index (χ4n) is 0.478. The molecule has 0 aliphatic rings. The summed E-state index contributed by atoms with van der Waals surface area (Å²) in [7, 11) is 0. The van der Waals surface area contributed by atoms with Gasteiger partial charge < -0.3 is 0 Å². The van der Waals surface area contributed by atoms with Gasteiger partial charge in [-0.1, -0.05) is 33.8 Å².